The molecule has 0 amide bonds. The molecule has 0 unspecified atom stereocenters. The highest BCUT2D eigenvalue weighted by molar-refractivity contribution is 5.80. The van der Waals surface area contributed by atoms with Gasteiger partial charge in [-0.3, -0.25) is 9.59 Å². The van der Waals surface area contributed by atoms with E-state index in [0.717, 1.165) is 12.0 Å². The highest BCUT2D eigenvalue weighted by Gasteiger charge is 2.43. The number of rotatable bonds is 4. The number of esters is 1. The third kappa shape index (κ3) is 3.92. The summed E-state index contributed by atoms with van der Waals surface area (Å²) >= 11 is 0. The van der Waals surface area contributed by atoms with Gasteiger partial charge in [0, 0.05) is 0 Å². The molecule has 126 valence electrons. The maximum absolute atomic E-state index is 12.1. The van der Waals surface area contributed by atoms with Crippen LogP contribution in [-0.2, 0) is 19.7 Å². The third-order valence-corrected chi connectivity index (χ3v) is 4.43. The summed E-state index contributed by atoms with van der Waals surface area (Å²) in [6.45, 7) is 9.61. The van der Waals surface area contributed by atoms with Crippen LogP contribution in [0.25, 0.3) is 0 Å². The molecular weight excluding hydrogens is 292 g/mol. The summed E-state index contributed by atoms with van der Waals surface area (Å²) in [6, 6.07) is 7.95. The molecule has 0 fully saturated rings. The van der Waals surface area contributed by atoms with Crippen LogP contribution in [0, 0.1) is 5.92 Å². The van der Waals surface area contributed by atoms with Crippen LogP contribution in [0.3, 0.4) is 0 Å². The molecule has 1 aromatic rings. The first-order chi connectivity index (χ1) is 10.5. The van der Waals surface area contributed by atoms with Crippen molar-refractivity contribution < 1.29 is 19.4 Å². The molecule has 2 rings (SSSR count). The number of aliphatic carboxylic acids is 1. The van der Waals surface area contributed by atoms with Gasteiger partial charge in [0.1, 0.15) is 5.60 Å². The van der Waals surface area contributed by atoms with Crippen molar-refractivity contribution in [2.75, 3.05) is 0 Å². The lowest BCUT2D eigenvalue weighted by molar-refractivity contribution is -0.160. The van der Waals surface area contributed by atoms with Gasteiger partial charge >= 0.3 is 11.9 Å². The van der Waals surface area contributed by atoms with Gasteiger partial charge in [-0.1, -0.05) is 38.1 Å². The monoisotopic (exact) mass is 318 g/mol. The van der Waals surface area contributed by atoms with Crippen molar-refractivity contribution in [3.63, 3.8) is 0 Å². The van der Waals surface area contributed by atoms with Crippen LogP contribution in [0.1, 0.15) is 64.5 Å². The predicted octanol–water partition coefficient (Wildman–Crippen LogP) is 3.88. The van der Waals surface area contributed by atoms with Crippen molar-refractivity contribution in [1.29, 1.82) is 0 Å². The topological polar surface area (TPSA) is 63.6 Å². The molecule has 0 saturated carbocycles. The van der Waals surface area contributed by atoms with E-state index in [1.165, 1.54) is 5.56 Å². The molecule has 2 atom stereocenters. The van der Waals surface area contributed by atoms with Crippen LogP contribution in [-0.4, -0.2) is 22.6 Å². The number of hydrogen-bond acceptors (Lipinski definition) is 3. The second-order valence-electron chi connectivity index (χ2n) is 8.02. The van der Waals surface area contributed by atoms with E-state index in [1.807, 2.05) is 18.2 Å². The molecule has 0 spiro atoms. The second kappa shape index (κ2) is 5.99. The van der Waals surface area contributed by atoms with E-state index < -0.39 is 23.5 Å². The van der Waals surface area contributed by atoms with Gasteiger partial charge in [-0.05, 0) is 49.7 Å². The van der Waals surface area contributed by atoms with Crippen molar-refractivity contribution in [2.24, 2.45) is 5.92 Å². The Morgan fingerprint density at radius 2 is 1.91 bits per heavy atom. The van der Waals surface area contributed by atoms with E-state index in [4.69, 9.17) is 4.74 Å². The number of benzene rings is 1. The average molecular weight is 318 g/mol. The summed E-state index contributed by atoms with van der Waals surface area (Å²) in [5.74, 6) is -2.31. The van der Waals surface area contributed by atoms with E-state index in [2.05, 4.69) is 19.9 Å². The number of carbonyl (C=O) groups excluding carboxylic acids is 1. The molecular formula is C19H26O4. The fourth-order valence-electron chi connectivity index (χ4n) is 3.53. The summed E-state index contributed by atoms with van der Waals surface area (Å²) < 4.78 is 5.32. The quantitative estimate of drug-likeness (QED) is 0.856. The second-order valence-corrected chi connectivity index (χ2v) is 8.02. The highest BCUT2D eigenvalue weighted by Crippen LogP contribution is 2.49. The fraction of sp³-hybridized carbons (Fsp3) is 0.579. The first-order valence-corrected chi connectivity index (χ1v) is 8.05. The summed E-state index contributed by atoms with van der Waals surface area (Å²) in [7, 11) is 0. The Morgan fingerprint density at radius 3 is 2.48 bits per heavy atom. The molecule has 1 aliphatic carbocycles. The minimum atomic E-state index is -0.937. The van der Waals surface area contributed by atoms with Crippen LogP contribution >= 0.6 is 0 Å². The van der Waals surface area contributed by atoms with Crippen molar-refractivity contribution >= 4 is 11.9 Å². The Balaban J connectivity index is 2.26. The molecule has 0 aromatic heterocycles. The average Bonchev–Trinajstić information content (AvgIpc) is 2.66. The molecule has 4 heteroatoms. The van der Waals surface area contributed by atoms with Crippen LogP contribution < -0.4 is 0 Å². The lowest BCUT2D eigenvalue weighted by Crippen LogP contribution is -2.30. The number of hydrogen-bond donors (Lipinski definition) is 1. The number of carboxylic acids is 1. The van der Waals surface area contributed by atoms with Crippen LogP contribution in [0.5, 0.6) is 0 Å². The van der Waals surface area contributed by atoms with Crippen molar-refractivity contribution in [3.05, 3.63) is 35.4 Å². The number of fused-ring (bicyclic) bond motifs is 1. The Bertz CT molecular complexity index is 610. The summed E-state index contributed by atoms with van der Waals surface area (Å²) in [5, 5.41) is 9.67. The van der Waals surface area contributed by atoms with Gasteiger partial charge < -0.3 is 9.84 Å². The summed E-state index contributed by atoms with van der Waals surface area (Å²) in [6.07, 6.45) is 0.633. The summed E-state index contributed by atoms with van der Waals surface area (Å²) in [5.41, 5.74) is 1.55. The zero-order valence-corrected chi connectivity index (χ0v) is 14.6. The minimum Gasteiger partial charge on any atom is -0.481 e. The molecule has 1 aromatic carbocycles. The smallest absolute Gasteiger partial charge is 0.307 e. The van der Waals surface area contributed by atoms with Gasteiger partial charge in [-0.2, -0.15) is 0 Å². The number of carboxylic acid groups (broad SMARTS) is 1. The number of ether oxygens (including phenoxy) is 1. The standard InChI is InChI=1S/C19H26O4/c1-18(2,3)23-16(20)10-13(17(21)22)14-11-19(4,5)15-9-7-6-8-12(14)15/h6-9,13-14H,10-11H2,1-5H3,(H,21,22)/t13-,14-/m0/s1. The normalized spacial score (nSPS) is 20.7. The van der Waals surface area contributed by atoms with E-state index in [-0.39, 0.29) is 17.8 Å². The van der Waals surface area contributed by atoms with Gasteiger partial charge in [0.2, 0.25) is 0 Å². The zero-order chi connectivity index (χ0) is 17.4. The van der Waals surface area contributed by atoms with E-state index in [9.17, 15) is 14.7 Å². The van der Waals surface area contributed by atoms with Gasteiger partial charge in [0.15, 0.2) is 0 Å². The molecule has 0 saturated heterocycles. The molecule has 1 aliphatic rings. The summed E-state index contributed by atoms with van der Waals surface area (Å²) in [4.78, 5) is 23.9. The largest absolute Gasteiger partial charge is 0.481 e. The van der Waals surface area contributed by atoms with Crippen molar-refractivity contribution in [2.45, 2.75) is 64.4 Å². The molecule has 0 radical (unpaired) electrons. The minimum absolute atomic E-state index is 0.0805. The first kappa shape index (κ1) is 17.5. The van der Waals surface area contributed by atoms with E-state index >= 15 is 0 Å². The zero-order valence-electron chi connectivity index (χ0n) is 14.6. The molecule has 23 heavy (non-hydrogen) atoms. The predicted molar refractivity (Wildman–Crippen MR) is 88.4 cm³/mol. The maximum Gasteiger partial charge on any atom is 0.307 e. The SMILES string of the molecule is CC(C)(C)OC(=O)C[C@H](C(=O)O)[C@H]1CC(C)(C)c2ccccc21. The lowest BCUT2D eigenvalue weighted by Gasteiger charge is -2.25. The van der Waals surface area contributed by atoms with Crippen LogP contribution in [0.15, 0.2) is 24.3 Å². The fourth-order valence-corrected chi connectivity index (χ4v) is 3.53. The van der Waals surface area contributed by atoms with E-state index in [1.54, 1.807) is 20.8 Å². The molecule has 0 aliphatic heterocycles. The van der Waals surface area contributed by atoms with Gasteiger partial charge in [0.25, 0.3) is 0 Å². The Hall–Kier alpha value is -1.84. The Kier molecular flexibility index (Phi) is 4.56. The molecule has 0 bridgehead atoms. The highest BCUT2D eigenvalue weighted by atomic mass is 16.6. The van der Waals surface area contributed by atoms with Crippen LogP contribution in [0.2, 0.25) is 0 Å². The van der Waals surface area contributed by atoms with Crippen LogP contribution in [0.4, 0.5) is 0 Å². The van der Waals surface area contributed by atoms with Crippen molar-refractivity contribution in [3.8, 4) is 0 Å². The lowest BCUT2D eigenvalue weighted by atomic mass is 9.81. The van der Waals surface area contributed by atoms with Gasteiger partial charge in [0.05, 0.1) is 12.3 Å². The molecule has 4 nitrogen and oxygen atoms in total. The Morgan fingerprint density at radius 1 is 1.30 bits per heavy atom. The molecule has 1 N–H and O–H groups in total. The number of carbonyl (C=O) groups is 2. The van der Waals surface area contributed by atoms with Crippen molar-refractivity contribution in [1.82, 2.24) is 0 Å². The first-order valence-electron chi connectivity index (χ1n) is 8.05. The van der Waals surface area contributed by atoms with E-state index in [0.29, 0.717) is 0 Å². The molecule has 0 heterocycles. The Labute approximate surface area is 137 Å². The van der Waals surface area contributed by atoms with Gasteiger partial charge in [-0.15, -0.1) is 0 Å². The van der Waals surface area contributed by atoms with Gasteiger partial charge in [-0.25, -0.2) is 0 Å². The third-order valence-electron chi connectivity index (χ3n) is 4.43. The maximum atomic E-state index is 12.1.